The van der Waals surface area contributed by atoms with Gasteiger partial charge < -0.3 is 9.72 Å². The molecule has 0 spiro atoms. The number of rotatable bonds is 3. The molecule has 0 amide bonds. The third-order valence-electron chi connectivity index (χ3n) is 4.50. The zero-order valence-electron chi connectivity index (χ0n) is 12.2. The van der Waals surface area contributed by atoms with Gasteiger partial charge in [-0.15, -0.1) is 0 Å². The van der Waals surface area contributed by atoms with Gasteiger partial charge >= 0.3 is 0 Å². The van der Waals surface area contributed by atoms with Crippen LogP contribution in [0.2, 0.25) is 0 Å². The highest BCUT2D eigenvalue weighted by Crippen LogP contribution is 2.24. The topological polar surface area (TPSA) is 41.2 Å². The standard InChI is InChI=1S/C17H21N3O/c1-2-4-14(5-3-1)17-18-15-6-8-20(11-16(15)19-17)10-13-7-9-21-12-13/h1-5,13H,6-12H2,(H,18,19). The fourth-order valence-corrected chi connectivity index (χ4v) is 3.33. The Balaban J connectivity index is 1.49. The van der Waals surface area contributed by atoms with E-state index < -0.39 is 0 Å². The van der Waals surface area contributed by atoms with E-state index in [9.17, 15) is 0 Å². The van der Waals surface area contributed by atoms with Gasteiger partial charge in [-0.2, -0.15) is 0 Å². The zero-order chi connectivity index (χ0) is 14.1. The second kappa shape index (κ2) is 5.62. The van der Waals surface area contributed by atoms with Gasteiger partial charge in [-0.3, -0.25) is 4.90 Å². The van der Waals surface area contributed by atoms with E-state index in [1.165, 1.54) is 23.4 Å². The number of ether oxygens (including phenoxy) is 1. The molecule has 0 saturated carbocycles. The van der Waals surface area contributed by atoms with Gasteiger partial charge in [0.25, 0.3) is 0 Å². The van der Waals surface area contributed by atoms with Gasteiger partial charge in [0, 0.05) is 38.2 Å². The third kappa shape index (κ3) is 2.74. The molecule has 4 rings (SSSR count). The Bertz CT molecular complexity index is 602. The molecule has 2 aliphatic rings. The van der Waals surface area contributed by atoms with Crippen LogP contribution in [-0.4, -0.2) is 41.2 Å². The molecular weight excluding hydrogens is 262 g/mol. The van der Waals surface area contributed by atoms with Crippen LogP contribution < -0.4 is 0 Å². The molecule has 3 heterocycles. The highest BCUT2D eigenvalue weighted by Gasteiger charge is 2.24. The van der Waals surface area contributed by atoms with Crippen LogP contribution in [0.3, 0.4) is 0 Å². The van der Waals surface area contributed by atoms with E-state index in [2.05, 4.69) is 34.1 Å². The summed E-state index contributed by atoms with van der Waals surface area (Å²) in [7, 11) is 0. The van der Waals surface area contributed by atoms with E-state index in [4.69, 9.17) is 9.72 Å². The first-order chi connectivity index (χ1) is 10.4. The van der Waals surface area contributed by atoms with Crippen molar-refractivity contribution < 1.29 is 4.74 Å². The summed E-state index contributed by atoms with van der Waals surface area (Å²) in [6.45, 7) is 5.13. The van der Waals surface area contributed by atoms with E-state index in [-0.39, 0.29) is 0 Å². The first kappa shape index (κ1) is 13.0. The summed E-state index contributed by atoms with van der Waals surface area (Å²) in [5.41, 5.74) is 3.70. The fourth-order valence-electron chi connectivity index (χ4n) is 3.33. The largest absolute Gasteiger partial charge is 0.381 e. The van der Waals surface area contributed by atoms with Gasteiger partial charge in [0.1, 0.15) is 5.82 Å². The van der Waals surface area contributed by atoms with Gasteiger partial charge in [0.05, 0.1) is 18.0 Å². The van der Waals surface area contributed by atoms with E-state index in [0.717, 1.165) is 45.1 Å². The van der Waals surface area contributed by atoms with E-state index in [0.29, 0.717) is 5.92 Å². The summed E-state index contributed by atoms with van der Waals surface area (Å²) < 4.78 is 5.48. The highest BCUT2D eigenvalue weighted by molar-refractivity contribution is 5.55. The summed E-state index contributed by atoms with van der Waals surface area (Å²) in [6.07, 6.45) is 2.26. The summed E-state index contributed by atoms with van der Waals surface area (Å²) in [5.74, 6) is 1.72. The lowest BCUT2D eigenvalue weighted by atomic mass is 10.1. The second-order valence-corrected chi connectivity index (χ2v) is 6.09. The Morgan fingerprint density at radius 3 is 3.00 bits per heavy atom. The number of nitrogens with zero attached hydrogens (tertiary/aromatic N) is 2. The molecule has 4 heteroatoms. The number of hydrogen-bond donors (Lipinski definition) is 1. The van der Waals surface area contributed by atoms with Crippen LogP contribution in [0.5, 0.6) is 0 Å². The minimum atomic E-state index is 0.711. The Kier molecular flexibility index (Phi) is 3.49. The van der Waals surface area contributed by atoms with E-state index in [1.54, 1.807) is 0 Å². The van der Waals surface area contributed by atoms with Crippen molar-refractivity contribution in [1.82, 2.24) is 14.9 Å². The number of aromatic amines is 1. The molecule has 1 N–H and O–H groups in total. The monoisotopic (exact) mass is 283 g/mol. The van der Waals surface area contributed by atoms with Crippen LogP contribution in [0.4, 0.5) is 0 Å². The quantitative estimate of drug-likeness (QED) is 0.941. The normalized spacial score (nSPS) is 22.4. The van der Waals surface area contributed by atoms with Gasteiger partial charge in [0.2, 0.25) is 0 Å². The first-order valence-corrected chi connectivity index (χ1v) is 7.82. The minimum Gasteiger partial charge on any atom is -0.381 e. The molecular formula is C17H21N3O. The summed E-state index contributed by atoms with van der Waals surface area (Å²) in [4.78, 5) is 10.8. The van der Waals surface area contributed by atoms with Gasteiger partial charge in [-0.25, -0.2) is 4.98 Å². The molecule has 2 aliphatic heterocycles. The van der Waals surface area contributed by atoms with Crippen LogP contribution in [0.1, 0.15) is 17.8 Å². The number of H-pyrrole nitrogens is 1. The maximum Gasteiger partial charge on any atom is 0.137 e. The lowest BCUT2D eigenvalue weighted by molar-refractivity contribution is 0.161. The number of aromatic nitrogens is 2. The Hall–Kier alpha value is -1.65. The molecule has 0 bridgehead atoms. The van der Waals surface area contributed by atoms with E-state index >= 15 is 0 Å². The Labute approximate surface area is 125 Å². The molecule has 4 nitrogen and oxygen atoms in total. The van der Waals surface area contributed by atoms with Crippen molar-refractivity contribution in [2.75, 3.05) is 26.3 Å². The van der Waals surface area contributed by atoms with E-state index in [1.807, 2.05) is 6.07 Å². The zero-order valence-corrected chi connectivity index (χ0v) is 12.2. The molecule has 110 valence electrons. The van der Waals surface area contributed by atoms with Crippen molar-refractivity contribution in [2.45, 2.75) is 19.4 Å². The second-order valence-electron chi connectivity index (χ2n) is 6.09. The molecule has 21 heavy (non-hydrogen) atoms. The van der Waals surface area contributed by atoms with Gasteiger partial charge in [-0.1, -0.05) is 30.3 Å². The van der Waals surface area contributed by atoms with Crippen LogP contribution in [0.15, 0.2) is 30.3 Å². The maximum absolute atomic E-state index is 5.48. The Morgan fingerprint density at radius 2 is 2.19 bits per heavy atom. The minimum absolute atomic E-state index is 0.711. The van der Waals surface area contributed by atoms with Crippen LogP contribution >= 0.6 is 0 Å². The number of benzene rings is 1. The number of nitrogens with one attached hydrogen (secondary N) is 1. The van der Waals surface area contributed by atoms with Crippen LogP contribution in [0.25, 0.3) is 11.4 Å². The molecule has 1 unspecified atom stereocenters. The average molecular weight is 283 g/mol. The van der Waals surface area contributed by atoms with Crippen molar-refractivity contribution in [3.05, 3.63) is 41.7 Å². The molecule has 1 saturated heterocycles. The van der Waals surface area contributed by atoms with Crippen molar-refractivity contribution >= 4 is 0 Å². The summed E-state index contributed by atoms with van der Waals surface area (Å²) in [5, 5.41) is 0. The SMILES string of the molecule is c1ccc(-c2nc3c([nH]2)CN(CC2CCOC2)CC3)cc1. The molecule has 1 atom stereocenters. The molecule has 2 aromatic rings. The average Bonchev–Trinajstić information content (AvgIpc) is 3.17. The fraction of sp³-hybridized carbons (Fsp3) is 0.471. The number of imidazole rings is 1. The van der Waals surface area contributed by atoms with Crippen LogP contribution in [-0.2, 0) is 17.7 Å². The first-order valence-electron chi connectivity index (χ1n) is 7.82. The summed E-state index contributed by atoms with van der Waals surface area (Å²) >= 11 is 0. The van der Waals surface area contributed by atoms with Crippen molar-refractivity contribution in [3.63, 3.8) is 0 Å². The predicted octanol–water partition coefficient (Wildman–Crippen LogP) is 2.47. The maximum atomic E-state index is 5.48. The highest BCUT2D eigenvalue weighted by atomic mass is 16.5. The lowest BCUT2D eigenvalue weighted by Crippen LogP contribution is -2.34. The van der Waals surface area contributed by atoms with Crippen LogP contribution in [0, 0.1) is 5.92 Å². The molecule has 1 fully saturated rings. The molecule has 0 aliphatic carbocycles. The predicted molar refractivity (Wildman–Crippen MR) is 81.9 cm³/mol. The van der Waals surface area contributed by atoms with Gasteiger partial charge in [0.15, 0.2) is 0 Å². The van der Waals surface area contributed by atoms with Crippen molar-refractivity contribution in [1.29, 1.82) is 0 Å². The Morgan fingerprint density at radius 1 is 1.29 bits per heavy atom. The molecule has 1 aromatic heterocycles. The smallest absolute Gasteiger partial charge is 0.137 e. The van der Waals surface area contributed by atoms with Crippen molar-refractivity contribution in [2.24, 2.45) is 5.92 Å². The summed E-state index contributed by atoms with van der Waals surface area (Å²) in [6, 6.07) is 10.4. The molecule has 1 aromatic carbocycles. The molecule has 0 radical (unpaired) electrons. The number of hydrogen-bond acceptors (Lipinski definition) is 3. The lowest BCUT2D eigenvalue weighted by Gasteiger charge is -2.27. The third-order valence-corrected chi connectivity index (χ3v) is 4.50. The van der Waals surface area contributed by atoms with Gasteiger partial charge in [-0.05, 0) is 12.3 Å². The van der Waals surface area contributed by atoms with Crippen molar-refractivity contribution in [3.8, 4) is 11.4 Å². The number of fused-ring (bicyclic) bond motifs is 1.